The summed E-state index contributed by atoms with van der Waals surface area (Å²) >= 11 is 0. The summed E-state index contributed by atoms with van der Waals surface area (Å²) in [4.78, 5) is 21.4. The van der Waals surface area contributed by atoms with E-state index in [4.69, 9.17) is 0 Å². The van der Waals surface area contributed by atoms with E-state index in [9.17, 15) is 9.18 Å². The fraction of sp³-hybridized carbons (Fsp3) is 0.583. The fourth-order valence-corrected chi connectivity index (χ4v) is 2.29. The zero-order valence-corrected chi connectivity index (χ0v) is 11.1. The van der Waals surface area contributed by atoms with Gasteiger partial charge in [0.1, 0.15) is 0 Å². The number of piperidine rings is 1. The molecule has 7 heteroatoms. The van der Waals surface area contributed by atoms with Crippen LogP contribution in [0.3, 0.4) is 0 Å². The van der Waals surface area contributed by atoms with Crippen LogP contribution < -0.4 is 15.5 Å². The van der Waals surface area contributed by atoms with Crippen molar-refractivity contribution >= 4 is 17.7 Å². The zero-order valence-electron chi connectivity index (χ0n) is 11.1. The lowest BCUT2D eigenvalue weighted by molar-refractivity contribution is -0.124. The molecule has 1 amide bonds. The van der Waals surface area contributed by atoms with Gasteiger partial charge in [-0.3, -0.25) is 4.79 Å². The number of halogens is 1. The Kier molecular flexibility index (Phi) is 4.13. The van der Waals surface area contributed by atoms with Crippen LogP contribution in [-0.4, -0.2) is 43.1 Å². The van der Waals surface area contributed by atoms with E-state index >= 15 is 0 Å². The van der Waals surface area contributed by atoms with Crippen molar-refractivity contribution in [2.45, 2.75) is 12.8 Å². The number of amides is 1. The van der Waals surface area contributed by atoms with Crippen LogP contribution in [0.2, 0.25) is 0 Å². The Morgan fingerprint density at radius 1 is 1.53 bits per heavy atom. The van der Waals surface area contributed by atoms with Gasteiger partial charge in [0, 0.05) is 27.2 Å². The second-order valence-corrected chi connectivity index (χ2v) is 4.51. The van der Waals surface area contributed by atoms with Gasteiger partial charge in [-0.05, 0) is 12.8 Å². The fourth-order valence-electron chi connectivity index (χ4n) is 2.29. The Morgan fingerprint density at radius 2 is 2.32 bits per heavy atom. The highest BCUT2D eigenvalue weighted by Crippen LogP contribution is 2.24. The molecule has 19 heavy (non-hydrogen) atoms. The zero-order chi connectivity index (χ0) is 13.8. The Labute approximate surface area is 111 Å². The lowest BCUT2D eigenvalue weighted by atomic mass is 9.97. The van der Waals surface area contributed by atoms with Crippen LogP contribution in [0.5, 0.6) is 0 Å². The molecule has 0 bridgehead atoms. The van der Waals surface area contributed by atoms with Gasteiger partial charge in [0.25, 0.3) is 0 Å². The first-order valence-corrected chi connectivity index (χ1v) is 6.32. The minimum Gasteiger partial charge on any atom is -0.359 e. The number of anilines is 2. The SMILES string of the molecule is CNC(=O)C1CCCN(c2nc(NC)ncc2F)C1. The summed E-state index contributed by atoms with van der Waals surface area (Å²) in [6.07, 6.45) is 2.82. The van der Waals surface area contributed by atoms with Crippen molar-refractivity contribution < 1.29 is 9.18 Å². The summed E-state index contributed by atoms with van der Waals surface area (Å²) in [5, 5.41) is 5.42. The molecule has 1 aliphatic heterocycles. The van der Waals surface area contributed by atoms with Crippen molar-refractivity contribution in [3.8, 4) is 0 Å². The smallest absolute Gasteiger partial charge is 0.224 e. The topological polar surface area (TPSA) is 70.2 Å². The van der Waals surface area contributed by atoms with Crippen LogP contribution in [0.15, 0.2) is 6.20 Å². The van der Waals surface area contributed by atoms with Gasteiger partial charge in [-0.1, -0.05) is 0 Å². The normalized spacial score (nSPS) is 19.1. The number of hydrogen-bond acceptors (Lipinski definition) is 5. The molecule has 0 aromatic carbocycles. The van der Waals surface area contributed by atoms with Crippen LogP contribution >= 0.6 is 0 Å². The molecule has 2 heterocycles. The van der Waals surface area contributed by atoms with E-state index < -0.39 is 5.82 Å². The van der Waals surface area contributed by atoms with Gasteiger partial charge in [0.05, 0.1) is 12.1 Å². The van der Waals surface area contributed by atoms with Crippen LogP contribution in [0.4, 0.5) is 16.2 Å². The third-order valence-corrected chi connectivity index (χ3v) is 3.29. The molecule has 1 aliphatic rings. The molecule has 6 nitrogen and oxygen atoms in total. The maximum Gasteiger partial charge on any atom is 0.224 e. The van der Waals surface area contributed by atoms with E-state index in [2.05, 4.69) is 20.6 Å². The number of rotatable bonds is 3. The monoisotopic (exact) mass is 267 g/mol. The third kappa shape index (κ3) is 2.91. The maximum absolute atomic E-state index is 13.8. The van der Waals surface area contributed by atoms with Gasteiger partial charge in [-0.15, -0.1) is 0 Å². The van der Waals surface area contributed by atoms with Gasteiger partial charge in [-0.25, -0.2) is 9.37 Å². The average molecular weight is 267 g/mol. The van der Waals surface area contributed by atoms with E-state index in [1.165, 1.54) is 0 Å². The molecule has 2 N–H and O–H groups in total. The summed E-state index contributed by atoms with van der Waals surface area (Å²) in [5.41, 5.74) is 0. The quantitative estimate of drug-likeness (QED) is 0.840. The van der Waals surface area contributed by atoms with Crippen molar-refractivity contribution in [3.05, 3.63) is 12.0 Å². The minimum atomic E-state index is -0.462. The standard InChI is InChI=1S/C12H18FN5O/c1-14-11(19)8-4-3-5-18(7-8)10-9(13)6-16-12(15-2)17-10/h6,8H,3-5,7H2,1-2H3,(H,14,19)(H,15,16,17). The van der Waals surface area contributed by atoms with E-state index in [-0.39, 0.29) is 17.6 Å². The van der Waals surface area contributed by atoms with E-state index in [0.29, 0.717) is 19.0 Å². The second kappa shape index (κ2) is 5.81. The molecular formula is C12H18FN5O. The highest BCUT2D eigenvalue weighted by Gasteiger charge is 2.27. The van der Waals surface area contributed by atoms with E-state index in [1.807, 2.05) is 0 Å². The Balaban J connectivity index is 2.19. The Bertz CT molecular complexity index is 467. The molecule has 0 aliphatic carbocycles. The maximum atomic E-state index is 13.8. The third-order valence-electron chi connectivity index (χ3n) is 3.29. The molecule has 1 aromatic heterocycles. The van der Waals surface area contributed by atoms with Crippen molar-refractivity contribution in [1.82, 2.24) is 15.3 Å². The van der Waals surface area contributed by atoms with Gasteiger partial charge in [0.2, 0.25) is 11.9 Å². The summed E-state index contributed by atoms with van der Waals surface area (Å²) < 4.78 is 13.8. The summed E-state index contributed by atoms with van der Waals surface area (Å²) in [6.45, 7) is 1.18. The lowest BCUT2D eigenvalue weighted by Gasteiger charge is -2.32. The minimum absolute atomic E-state index is 0.00648. The first kappa shape index (κ1) is 13.5. The van der Waals surface area contributed by atoms with Crippen LogP contribution in [0.25, 0.3) is 0 Å². The Morgan fingerprint density at radius 3 is 3.00 bits per heavy atom. The molecular weight excluding hydrogens is 249 g/mol. The van der Waals surface area contributed by atoms with Crippen LogP contribution in [0, 0.1) is 11.7 Å². The van der Waals surface area contributed by atoms with Gasteiger partial charge in [0.15, 0.2) is 11.6 Å². The van der Waals surface area contributed by atoms with Gasteiger partial charge in [-0.2, -0.15) is 4.98 Å². The molecule has 1 fully saturated rings. The first-order valence-electron chi connectivity index (χ1n) is 6.32. The first-order chi connectivity index (χ1) is 9.15. The van der Waals surface area contributed by atoms with Crippen molar-refractivity contribution in [2.75, 3.05) is 37.4 Å². The molecule has 1 aromatic rings. The molecule has 0 radical (unpaired) electrons. The van der Waals surface area contributed by atoms with Crippen molar-refractivity contribution in [2.24, 2.45) is 5.92 Å². The molecule has 1 saturated heterocycles. The number of aromatic nitrogens is 2. The molecule has 2 rings (SSSR count). The van der Waals surface area contributed by atoms with Gasteiger partial charge >= 0.3 is 0 Å². The van der Waals surface area contributed by atoms with Gasteiger partial charge < -0.3 is 15.5 Å². The van der Waals surface area contributed by atoms with Crippen LogP contribution in [0.1, 0.15) is 12.8 Å². The number of carbonyl (C=O) groups excluding carboxylic acids is 1. The predicted molar refractivity (Wildman–Crippen MR) is 70.5 cm³/mol. The second-order valence-electron chi connectivity index (χ2n) is 4.51. The average Bonchev–Trinajstić information content (AvgIpc) is 2.47. The highest BCUT2D eigenvalue weighted by molar-refractivity contribution is 5.79. The molecule has 1 atom stereocenters. The molecule has 0 saturated carbocycles. The molecule has 1 unspecified atom stereocenters. The molecule has 0 spiro atoms. The Hall–Kier alpha value is -1.92. The van der Waals surface area contributed by atoms with Crippen molar-refractivity contribution in [1.29, 1.82) is 0 Å². The number of nitrogens with zero attached hydrogens (tertiary/aromatic N) is 3. The summed E-state index contributed by atoms with van der Waals surface area (Å²) in [5.74, 6) is 0.0436. The summed E-state index contributed by atoms with van der Waals surface area (Å²) in [6, 6.07) is 0. The van der Waals surface area contributed by atoms with Crippen molar-refractivity contribution in [3.63, 3.8) is 0 Å². The van der Waals surface area contributed by atoms with Crippen LogP contribution in [-0.2, 0) is 4.79 Å². The predicted octanol–water partition coefficient (Wildman–Crippen LogP) is 0.620. The largest absolute Gasteiger partial charge is 0.359 e. The number of nitrogens with one attached hydrogen (secondary N) is 2. The summed E-state index contributed by atoms with van der Waals surface area (Å²) in [7, 11) is 3.30. The lowest BCUT2D eigenvalue weighted by Crippen LogP contribution is -2.42. The van der Waals surface area contributed by atoms with E-state index in [0.717, 1.165) is 19.0 Å². The number of hydrogen-bond donors (Lipinski definition) is 2. The van der Waals surface area contributed by atoms with E-state index in [1.54, 1.807) is 19.0 Å². The molecule has 104 valence electrons. The number of carbonyl (C=O) groups is 1. The highest BCUT2D eigenvalue weighted by atomic mass is 19.1.